The van der Waals surface area contributed by atoms with Crippen LogP contribution < -0.4 is 10.2 Å². The van der Waals surface area contributed by atoms with Crippen molar-refractivity contribution in [1.82, 2.24) is 25.0 Å². The molecule has 1 amide bonds. The highest BCUT2D eigenvalue weighted by Crippen LogP contribution is 2.23. The first-order valence-electron chi connectivity index (χ1n) is 9.47. The number of carbonyl (C=O) groups excluding carboxylic acids is 1. The normalized spacial score (nSPS) is 14.2. The Balaban J connectivity index is 1.48. The lowest BCUT2D eigenvalue weighted by Gasteiger charge is -2.24. The van der Waals surface area contributed by atoms with E-state index in [2.05, 4.69) is 30.5 Å². The van der Waals surface area contributed by atoms with Crippen molar-refractivity contribution in [2.24, 2.45) is 0 Å². The maximum atomic E-state index is 13.1. The lowest BCUT2D eigenvalue weighted by molar-refractivity contribution is 0.102. The van der Waals surface area contributed by atoms with E-state index in [1.807, 2.05) is 0 Å². The number of H-pyrrole nitrogens is 1. The molecule has 0 bridgehead atoms. The van der Waals surface area contributed by atoms with E-state index in [0.717, 1.165) is 31.5 Å². The summed E-state index contributed by atoms with van der Waals surface area (Å²) in [6.45, 7) is 3.86. The molecule has 3 aromatic rings. The lowest BCUT2D eigenvalue weighted by atomic mass is 10.1. The van der Waals surface area contributed by atoms with E-state index in [9.17, 15) is 9.18 Å². The average Bonchev–Trinajstić information content (AvgIpc) is 3.28. The quantitative estimate of drug-likeness (QED) is 0.663. The number of carbonyl (C=O) groups is 1. The third-order valence-corrected chi connectivity index (χ3v) is 5.27. The molecule has 8 nitrogen and oxygen atoms in total. The zero-order valence-electron chi connectivity index (χ0n) is 16.0. The molecule has 0 aliphatic carbocycles. The average molecular weight is 418 g/mol. The highest BCUT2D eigenvalue weighted by Gasteiger charge is 2.22. The third kappa shape index (κ3) is 4.24. The number of hydrogen-bond acceptors (Lipinski definition) is 5. The Kier molecular flexibility index (Phi) is 5.48. The van der Waals surface area contributed by atoms with Gasteiger partial charge in [0, 0.05) is 13.1 Å². The van der Waals surface area contributed by atoms with Crippen molar-refractivity contribution < 1.29 is 9.18 Å². The highest BCUT2D eigenvalue weighted by molar-refractivity contribution is 6.33. The van der Waals surface area contributed by atoms with Crippen molar-refractivity contribution >= 4 is 29.4 Å². The number of aromatic amines is 1. The molecule has 1 aromatic carbocycles. The Morgan fingerprint density at radius 2 is 1.97 bits per heavy atom. The summed E-state index contributed by atoms with van der Waals surface area (Å²) in [6, 6.07) is 6.05. The van der Waals surface area contributed by atoms with Crippen molar-refractivity contribution in [2.75, 3.05) is 23.3 Å². The SMILES string of the molecule is Cc1nn(Cc2ccc(F)cc2)c(Cl)c1C(=O)Nc1nc(N2CCCCC2)n[nH]1. The van der Waals surface area contributed by atoms with Crippen LogP contribution in [-0.2, 0) is 6.54 Å². The minimum atomic E-state index is -0.417. The van der Waals surface area contributed by atoms with Gasteiger partial charge in [-0.3, -0.25) is 10.1 Å². The predicted octanol–water partition coefficient (Wildman–Crippen LogP) is 3.39. The summed E-state index contributed by atoms with van der Waals surface area (Å²) < 4.78 is 14.6. The van der Waals surface area contributed by atoms with Gasteiger partial charge in [0.2, 0.25) is 11.9 Å². The number of anilines is 2. The number of halogens is 2. The first-order chi connectivity index (χ1) is 14.0. The summed E-state index contributed by atoms with van der Waals surface area (Å²) in [5.41, 5.74) is 1.58. The smallest absolute Gasteiger partial charge is 0.263 e. The van der Waals surface area contributed by atoms with Crippen LogP contribution in [0.15, 0.2) is 24.3 Å². The third-order valence-electron chi connectivity index (χ3n) is 4.88. The first-order valence-corrected chi connectivity index (χ1v) is 9.85. The maximum absolute atomic E-state index is 13.1. The van der Waals surface area contributed by atoms with E-state index in [4.69, 9.17) is 11.6 Å². The topological polar surface area (TPSA) is 91.7 Å². The van der Waals surface area contributed by atoms with Gasteiger partial charge in [-0.1, -0.05) is 23.7 Å². The Labute approximate surface area is 172 Å². The number of nitrogens with zero attached hydrogens (tertiary/aromatic N) is 5. The summed E-state index contributed by atoms with van der Waals surface area (Å²) in [5, 5.41) is 14.2. The van der Waals surface area contributed by atoms with Gasteiger partial charge in [0.15, 0.2) is 0 Å². The molecule has 0 atom stereocenters. The van der Waals surface area contributed by atoms with E-state index in [1.165, 1.54) is 23.2 Å². The molecule has 29 heavy (non-hydrogen) atoms. The molecule has 3 heterocycles. The van der Waals surface area contributed by atoms with Crippen LogP contribution in [0.2, 0.25) is 5.15 Å². The number of hydrogen-bond donors (Lipinski definition) is 2. The molecule has 2 aromatic heterocycles. The standard InChI is InChI=1S/C19H21ClFN7O/c1-12-15(16(20)28(26-12)11-13-5-7-14(21)8-6-13)17(29)22-18-23-19(25-24-18)27-9-3-2-4-10-27/h5-8H,2-4,9-11H2,1H3,(H2,22,23,24,25,29). The van der Waals surface area contributed by atoms with Gasteiger partial charge in [-0.15, -0.1) is 5.10 Å². The molecule has 152 valence electrons. The van der Waals surface area contributed by atoms with Crippen LogP contribution in [-0.4, -0.2) is 44.0 Å². The molecule has 4 rings (SSSR count). The number of piperidine rings is 1. The number of aryl methyl sites for hydroxylation is 1. The highest BCUT2D eigenvalue weighted by atomic mass is 35.5. The number of amides is 1. The van der Waals surface area contributed by atoms with Crippen LogP contribution in [0, 0.1) is 12.7 Å². The zero-order valence-corrected chi connectivity index (χ0v) is 16.7. The Morgan fingerprint density at radius 1 is 1.24 bits per heavy atom. The summed E-state index contributed by atoms with van der Waals surface area (Å²) in [4.78, 5) is 19.2. The molecule has 1 aliphatic rings. The van der Waals surface area contributed by atoms with Crippen molar-refractivity contribution in [3.8, 4) is 0 Å². The fourth-order valence-corrected chi connectivity index (χ4v) is 3.71. The molecule has 0 saturated carbocycles. The Hall–Kier alpha value is -2.94. The Morgan fingerprint density at radius 3 is 2.69 bits per heavy atom. The van der Waals surface area contributed by atoms with Crippen LogP contribution >= 0.6 is 11.6 Å². The monoisotopic (exact) mass is 417 g/mol. The Bertz CT molecular complexity index is 1010. The molecule has 0 radical (unpaired) electrons. The van der Waals surface area contributed by atoms with E-state index >= 15 is 0 Å². The molecule has 1 saturated heterocycles. The number of benzene rings is 1. The number of nitrogens with one attached hydrogen (secondary N) is 2. The zero-order chi connectivity index (χ0) is 20.4. The van der Waals surface area contributed by atoms with E-state index < -0.39 is 5.91 Å². The second-order valence-electron chi connectivity index (χ2n) is 7.02. The van der Waals surface area contributed by atoms with Gasteiger partial charge >= 0.3 is 0 Å². The second-order valence-corrected chi connectivity index (χ2v) is 7.38. The summed E-state index contributed by atoms with van der Waals surface area (Å²) >= 11 is 6.41. The van der Waals surface area contributed by atoms with Gasteiger partial charge in [-0.25, -0.2) is 14.2 Å². The van der Waals surface area contributed by atoms with E-state index in [-0.39, 0.29) is 22.5 Å². The van der Waals surface area contributed by atoms with Gasteiger partial charge < -0.3 is 4.90 Å². The second kappa shape index (κ2) is 8.20. The van der Waals surface area contributed by atoms with Crippen LogP contribution in [0.25, 0.3) is 0 Å². The van der Waals surface area contributed by atoms with Crippen LogP contribution in [0.5, 0.6) is 0 Å². The fourth-order valence-electron chi connectivity index (χ4n) is 3.39. The molecular weight excluding hydrogens is 397 g/mol. The molecule has 0 unspecified atom stereocenters. The molecular formula is C19H21ClFN7O. The minimum absolute atomic E-state index is 0.208. The van der Waals surface area contributed by atoms with Gasteiger partial charge in [-0.05, 0) is 43.9 Å². The van der Waals surface area contributed by atoms with E-state index in [1.54, 1.807) is 19.1 Å². The number of aromatic nitrogens is 5. The molecule has 10 heteroatoms. The minimum Gasteiger partial charge on any atom is -0.340 e. The van der Waals surface area contributed by atoms with Crippen molar-refractivity contribution in [2.45, 2.75) is 32.7 Å². The van der Waals surface area contributed by atoms with Crippen molar-refractivity contribution in [3.05, 3.63) is 52.1 Å². The first kappa shape index (κ1) is 19.4. The van der Waals surface area contributed by atoms with E-state index in [0.29, 0.717) is 18.2 Å². The maximum Gasteiger partial charge on any atom is 0.263 e. The van der Waals surface area contributed by atoms with Crippen LogP contribution in [0.3, 0.4) is 0 Å². The summed E-state index contributed by atoms with van der Waals surface area (Å²) in [5.74, 6) is 0.110. The summed E-state index contributed by atoms with van der Waals surface area (Å²) in [7, 11) is 0. The molecule has 1 fully saturated rings. The van der Waals surface area contributed by atoms with Crippen LogP contribution in [0.1, 0.15) is 40.9 Å². The van der Waals surface area contributed by atoms with Gasteiger partial charge in [0.05, 0.1) is 17.8 Å². The van der Waals surface area contributed by atoms with Crippen molar-refractivity contribution in [1.29, 1.82) is 0 Å². The van der Waals surface area contributed by atoms with Gasteiger partial charge in [0.25, 0.3) is 5.91 Å². The molecule has 2 N–H and O–H groups in total. The van der Waals surface area contributed by atoms with Crippen molar-refractivity contribution in [3.63, 3.8) is 0 Å². The van der Waals surface area contributed by atoms with Gasteiger partial charge in [-0.2, -0.15) is 10.1 Å². The molecule has 1 aliphatic heterocycles. The fraction of sp³-hybridized carbons (Fsp3) is 0.368. The largest absolute Gasteiger partial charge is 0.340 e. The predicted molar refractivity (Wildman–Crippen MR) is 108 cm³/mol. The summed E-state index contributed by atoms with van der Waals surface area (Å²) in [6.07, 6.45) is 3.43. The van der Waals surface area contributed by atoms with Crippen LogP contribution in [0.4, 0.5) is 16.3 Å². The molecule has 0 spiro atoms. The number of rotatable bonds is 5. The van der Waals surface area contributed by atoms with Gasteiger partial charge in [0.1, 0.15) is 11.0 Å². The lowest BCUT2D eigenvalue weighted by Crippen LogP contribution is -2.30.